The molecule has 20 heavy (non-hydrogen) atoms. The van der Waals surface area contributed by atoms with Crippen molar-refractivity contribution in [2.45, 2.75) is 39.8 Å². The molecule has 0 heterocycles. The minimum absolute atomic E-state index is 0.107. The summed E-state index contributed by atoms with van der Waals surface area (Å²) in [7, 11) is 0. The largest absolute Gasteiger partial charge is 0.479 e. The summed E-state index contributed by atoms with van der Waals surface area (Å²) in [5, 5.41) is 2.88. The number of halogens is 1. The smallest absolute Gasteiger partial charge is 0.260 e. The van der Waals surface area contributed by atoms with E-state index < -0.39 is 6.10 Å². The fourth-order valence-corrected chi connectivity index (χ4v) is 2.21. The van der Waals surface area contributed by atoms with Crippen LogP contribution >= 0.6 is 15.9 Å². The molecule has 0 aliphatic carbocycles. The van der Waals surface area contributed by atoms with Crippen LogP contribution in [0.4, 0.5) is 0 Å². The fourth-order valence-electron chi connectivity index (χ4n) is 1.70. The number of benzene rings is 1. The Morgan fingerprint density at radius 2 is 2.10 bits per heavy atom. The number of amides is 1. The van der Waals surface area contributed by atoms with E-state index in [9.17, 15) is 4.79 Å². The van der Waals surface area contributed by atoms with Gasteiger partial charge in [0.1, 0.15) is 5.75 Å². The number of nitrogens with one attached hydrogen (secondary N) is 1. The van der Waals surface area contributed by atoms with Crippen molar-refractivity contribution >= 4 is 21.8 Å². The molecule has 1 unspecified atom stereocenters. The highest BCUT2D eigenvalue weighted by atomic mass is 79.9. The third-order valence-electron chi connectivity index (χ3n) is 2.95. The fraction of sp³-hybridized carbons (Fsp3) is 0.533. The van der Waals surface area contributed by atoms with Crippen LogP contribution in [0.25, 0.3) is 0 Å². The average molecular weight is 343 g/mol. The SMILES string of the molecule is CC(C)CCNC(=O)C(C)Oc1c(Br)cccc1CN. The highest BCUT2D eigenvalue weighted by molar-refractivity contribution is 9.10. The van der Waals surface area contributed by atoms with Gasteiger partial charge < -0.3 is 15.8 Å². The standard InChI is InChI=1S/C15H23BrN2O2/c1-10(2)7-8-18-15(19)11(3)20-14-12(9-17)5-4-6-13(14)16/h4-6,10-11H,7-9,17H2,1-3H3,(H,18,19). The third kappa shape index (κ3) is 5.13. The van der Waals surface area contributed by atoms with Gasteiger partial charge in [0.25, 0.3) is 5.91 Å². The molecular formula is C15H23BrN2O2. The Morgan fingerprint density at radius 3 is 2.70 bits per heavy atom. The van der Waals surface area contributed by atoms with Crippen LogP contribution < -0.4 is 15.8 Å². The normalized spacial score (nSPS) is 12.3. The number of carbonyl (C=O) groups is 1. The lowest BCUT2D eigenvalue weighted by molar-refractivity contribution is -0.127. The average Bonchev–Trinajstić information content (AvgIpc) is 2.40. The van der Waals surface area contributed by atoms with Gasteiger partial charge in [0.05, 0.1) is 4.47 Å². The third-order valence-corrected chi connectivity index (χ3v) is 3.58. The first-order chi connectivity index (χ1) is 9.45. The summed E-state index contributed by atoms with van der Waals surface area (Å²) in [6, 6.07) is 5.66. The molecule has 0 aromatic heterocycles. The zero-order valence-corrected chi connectivity index (χ0v) is 13.9. The molecule has 0 saturated heterocycles. The van der Waals surface area contributed by atoms with Gasteiger partial charge in [-0.1, -0.05) is 26.0 Å². The van der Waals surface area contributed by atoms with Crippen LogP contribution in [0.1, 0.15) is 32.8 Å². The van der Waals surface area contributed by atoms with Gasteiger partial charge >= 0.3 is 0 Å². The van der Waals surface area contributed by atoms with E-state index in [0.717, 1.165) is 16.5 Å². The number of hydrogen-bond donors (Lipinski definition) is 2. The second kappa shape index (κ2) is 8.27. The number of nitrogens with two attached hydrogens (primary N) is 1. The zero-order chi connectivity index (χ0) is 15.1. The number of rotatable bonds is 7. The molecule has 1 aromatic carbocycles. The molecule has 0 spiro atoms. The van der Waals surface area contributed by atoms with Crippen LogP contribution in [0.15, 0.2) is 22.7 Å². The van der Waals surface area contributed by atoms with Gasteiger partial charge in [-0.05, 0) is 41.3 Å². The highest BCUT2D eigenvalue weighted by Gasteiger charge is 2.17. The summed E-state index contributed by atoms with van der Waals surface area (Å²) < 4.78 is 6.56. The van der Waals surface area contributed by atoms with Crippen LogP contribution in [0, 0.1) is 5.92 Å². The van der Waals surface area contributed by atoms with E-state index in [0.29, 0.717) is 24.8 Å². The predicted molar refractivity (Wildman–Crippen MR) is 84.6 cm³/mol. The van der Waals surface area contributed by atoms with Crippen molar-refractivity contribution in [2.24, 2.45) is 11.7 Å². The Bertz CT molecular complexity index is 449. The first-order valence-corrected chi connectivity index (χ1v) is 7.66. The summed E-state index contributed by atoms with van der Waals surface area (Å²) in [5.41, 5.74) is 6.56. The van der Waals surface area contributed by atoms with Gasteiger partial charge in [0.2, 0.25) is 0 Å². The Labute approximate surface area is 129 Å². The van der Waals surface area contributed by atoms with Gasteiger partial charge in [-0.15, -0.1) is 0 Å². The van der Waals surface area contributed by atoms with Crippen molar-refractivity contribution in [1.29, 1.82) is 0 Å². The Kier molecular flexibility index (Phi) is 7.02. The van der Waals surface area contributed by atoms with E-state index in [4.69, 9.17) is 10.5 Å². The van der Waals surface area contributed by atoms with Crippen molar-refractivity contribution in [1.82, 2.24) is 5.32 Å². The number of para-hydroxylation sites is 1. The van der Waals surface area contributed by atoms with Crippen molar-refractivity contribution in [2.75, 3.05) is 6.54 Å². The van der Waals surface area contributed by atoms with E-state index in [1.807, 2.05) is 18.2 Å². The molecule has 0 radical (unpaired) electrons. The van der Waals surface area contributed by atoms with E-state index in [2.05, 4.69) is 35.1 Å². The topological polar surface area (TPSA) is 64.3 Å². The summed E-state index contributed by atoms with van der Waals surface area (Å²) >= 11 is 3.43. The van der Waals surface area contributed by atoms with Crippen LogP contribution in [0.3, 0.4) is 0 Å². The summed E-state index contributed by atoms with van der Waals surface area (Å²) in [6.45, 7) is 7.03. The molecule has 3 N–H and O–H groups in total. The minimum atomic E-state index is -0.550. The minimum Gasteiger partial charge on any atom is -0.479 e. The van der Waals surface area contributed by atoms with Gasteiger partial charge in [-0.2, -0.15) is 0 Å². The molecule has 0 bridgehead atoms. The van der Waals surface area contributed by atoms with E-state index in [-0.39, 0.29) is 5.91 Å². The van der Waals surface area contributed by atoms with Crippen LogP contribution in [-0.4, -0.2) is 18.6 Å². The Morgan fingerprint density at radius 1 is 1.40 bits per heavy atom. The first kappa shape index (κ1) is 17.0. The van der Waals surface area contributed by atoms with Crippen molar-refractivity contribution in [3.05, 3.63) is 28.2 Å². The van der Waals surface area contributed by atoms with Crippen molar-refractivity contribution in [3.63, 3.8) is 0 Å². The van der Waals surface area contributed by atoms with E-state index >= 15 is 0 Å². The number of carbonyl (C=O) groups excluding carboxylic acids is 1. The second-order valence-electron chi connectivity index (χ2n) is 5.17. The summed E-state index contributed by atoms with van der Waals surface area (Å²) in [4.78, 5) is 12.0. The highest BCUT2D eigenvalue weighted by Crippen LogP contribution is 2.29. The number of hydrogen-bond acceptors (Lipinski definition) is 3. The number of ether oxygens (including phenoxy) is 1. The maximum absolute atomic E-state index is 12.0. The Balaban J connectivity index is 2.61. The van der Waals surface area contributed by atoms with Gasteiger partial charge in [-0.25, -0.2) is 0 Å². The Hall–Kier alpha value is -1.07. The van der Waals surface area contributed by atoms with Gasteiger partial charge in [0.15, 0.2) is 6.10 Å². The zero-order valence-electron chi connectivity index (χ0n) is 12.3. The molecule has 1 atom stereocenters. The summed E-state index contributed by atoms with van der Waals surface area (Å²) in [5.74, 6) is 1.10. The lowest BCUT2D eigenvalue weighted by atomic mass is 10.1. The predicted octanol–water partition coefficient (Wildman–Crippen LogP) is 2.84. The quantitative estimate of drug-likeness (QED) is 0.800. The van der Waals surface area contributed by atoms with Crippen LogP contribution in [-0.2, 0) is 11.3 Å². The molecule has 0 aliphatic heterocycles. The second-order valence-corrected chi connectivity index (χ2v) is 6.02. The van der Waals surface area contributed by atoms with Crippen LogP contribution in [0.2, 0.25) is 0 Å². The first-order valence-electron chi connectivity index (χ1n) is 6.87. The van der Waals surface area contributed by atoms with E-state index in [1.165, 1.54) is 0 Å². The van der Waals surface area contributed by atoms with Gasteiger partial charge in [0, 0.05) is 18.7 Å². The molecular weight excluding hydrogens is 320 g/mol. The lowest BCUT2D eigenvalue weighted by Crippen LogP contribution is -2.37. The monoisotopic (exact) mass is 342 g/mol. The maximum atomic E-state index is 12.0. The van der Waals surface area contributed by atoms with Crippen molar-refractivity contribution in [3.8, 4) is 5.75 Å². The lowest BCUT2D eigenvalue weighted by Gasteiger charge is -2.18. The molecule has 4 nitrogen and oxygen atoms in total. The van der Waals surface area contributed by atoms with Gasteiger partial charge in [-0.3, -0.25) is 4.79 Å². The molecule has 0 aliphatic rings. The molecule has 0 fully saturated rings. The molecule has 1 rings (SSSR count). The van der Waals surface area contributed by atoms with Crippen LogP contribution in [0.5, 0.6) is 5.75 Å². The summed E-state index contributed by atoms with van der Waals surface area (Å²) in [6.07, 6.45) is 0.410. The van der Waals surface area contributed by atoms with E-state index in [1.54, 1.807) is 6.92 Å². The molecule has 1 amide bonds. The molecule has 1 aromatic rings. The molecule has 112 valence electrons. The molecule has 0 saturated carbocycles. The maximum Gasteiger partial charge on any atom is 0.260 e. The molecule has 5 heteroatoms. The van der Waals surface area contributed by atoms with Crippen molar-refractivity contribution < 1.29 is 9.53 Å².